The molecule has 0 spiro atoms. The van der Waals surface area contributed by atoms with Crippen molar-refractivity contribution in [3.8, 4) is 22.6 Å². The van der Waals surface area contributed by atoms with Crippen molar-refractivity contribution in [2.75, 3.05) is 18.5 Å². The van der Waals surface area contributed by atoms with Crippen molar-refractivity contribution in [3.05, 3.63) is 118 Å². The van der Waals surface area contributed by atoms with Gasteiger partial charge in [0.1, 0.15) is 11.5 Å². The lowest BCUT2D eigenvalue weighted by atomic mass is 9.86. The number of benzene rings is 3. The van der Waals surface area contributed by atoms with Crippen molar-refractivity contribution >= 4 is 26.5 Å². The summed E-state index contributed by atoms with van der Waals surface area (Å²) in [7, 11) is -1.03. The number of ether oxygens (including phenoxy) is 2. The highest BCUT2D eigenvalue weighted by Gasteiger charge is 2.35. The lowest BCUT2D eigenvalue weighted by Gasteiger charge is -2.24. The SMILES string of the molecule is COc1ccc(CN(c2nccs2)S(=O)(=O)c2ccc3c(c2)CCC3c2ccc(C(F)(F)F)cc2-c2ccc(C)nc2)c(OC)c1. The second kappa shape index (κ2) is 12.4. The number of hydrogen-bond donors (Lipinski definition) is 0. The molecule has 7 nitrogen and oxygen atoms in total. The van der Waals surface area contributed by atoms with Crippen molar-refractivity contribution in [1.29, 1.82) is 0 Å². The van der Waals surface area contributed by atoms with Gasteiger partial charge >= 0.3 is 6.18 Å². The molecule has 238 valence electrons. The molecule has 2 heterocycles. The summed E-state index contributed by atoms with van der Waals surface area (Å²) >= 11 is 1.20. The Balaban J connectivity index is 1.38. The number of halogens is 3. The molecule has 0 radical (unpaired) electrons. The maximum atomic E-state index is 14.2. The molecule has 0 saturated heterocycles. The Hall–Kier alpha value is -4.42. The zero-order chi connectivity index (χ0) is 32.6. The summed E-state index contributed by atoms with van der Waals surface area (Å²) in [6.07, 6.45) is -0.173. The van der Waals surface area contributed by atoms with Gasteiger partial charge in [0.15, 0.2) is 5.13 Å². The van der Waals surface area contributed by atoms with Crippen LogP contribution >= 0.6 is 11.3 Å². The topological polar surface area (TPSA) is 81.6 Å². The standard InChI is InChI=1S/C34H30F3N3O4S2/c1-21-4-5-23(19-39-21)31-17-25(34(35,36)37)8-12-30(31)29-11-7-22-16-27(10-13-28(22)29)46(41,42)40(33-38-14-15-45-33)20-24-6-9-26(43-2)18-32(24)44-3/h4-6,8-10,12-19,29H,7,11,20H2,1-3H3. The van der Waals surface area contributed by atoms with Crippen molar-refractivity contribution < 1.29 is 31.1 Å². The fourth-order valence-corrected chi connectivity index (χ4v) is 8.17. The molecule has 0 saturated carbocycles. The van der Waals surface area contributed by atoms with E-state index < -0.39 is 21.8 Å². The van der Waals surface area contributed by atoms with E-state index in [1.165, 1.54) is 42.0 Å². The van der Waals surface area contributed by atoms with E-state index in [4.69, 9.17) is 9.47 Å². The van der Waals surface area contributed by atoms with Crippen LogP contribution in [0.2, 0.25) is 0 Å². The molecule has 0 fully saturated rings. The first kappa shape index (κ1) is 31.6. The summed E-state index contributed by atoms with van der Waals surface area (Å²) in [4.78, 5) is 8.72. The molecular formula is C34H30F3N3O4S2. The van der Waals surface area contributed by atoms with Crippen molar-refractivity contribution in [2.24, 2.45) is 0 Å². The van der Waals surface area contributed by atoms with Crippen molar-refractivity contribution in [2.45, 2.75) is 43.3 Å². The zero-order valence-corrected chi connectivity index (χ0v) is 26.8. The molecule has 1 aliphatic carbocycles. The maximum Gasteiger partial charge on any atom is 0.416 e. The lowest BCUT2D eigenvalue weighted by Crippen LogP contribution is -2.30. The van der Waals surface area contributed by atoms with Crippen LogP contribution in [0.15, 0.2) is 89.4 Å². The Morgan fingerprint density at radius 1 is 0.957 bits per heavy atom. The first-order valence-corrected chi connectivity index (χ1v) is 16.7. The minimum absolute atomic E-state index is 0.0256. The highest BCUT2D eigenvalue weighted by Crippen LogP contribution is 2.45. The number of hydrogen-bond acceptors (Lipinski definition) is 7. The number of thiazole rings is 1. The Bertz CT molecular complexity index is 1980. The molecule has 46 heavy (non-hydrogen) atoms. The molecule has 0 N–H and O–H groups in total. The minimum atomic E-state index is -4.50. The monoisotopic (exact) mass is 665 g/mol. The van der Waals surface area contributed by atoms with Crippen LogP contribution in [0.5, 0.6) is 11.5 Å². The molecule has 1 aliphatic rings. The van der Waals surface area contributed by atoms with E-state index >= 15 is 0 Å². The lowest BCUT2D eigenvalue weighted by molar-refractivity contribution is -0.137. The molecule has 0 amide bonds. The van der Waals surface area contributed by atoms with Crippen molar-refractivity contribution in [1.82, 2.24) is 9.97 Å². The summed E-state index contributed by atoms with van der Waals surface area (Å²) < 4.78 is 81.7. The van der Waals surface area contributed by atoms with Crippen LogP contribution in [0.4, 0.5) is 18.3 Å². The van der Waals surface area contributed by atoms with E-state index in [1.54, 1.807) is 66.3 Å². The van der Waals surface area contributed by atoms with E-state index in [2.05, 4.69) is 9.97 Å². The highest BCUT2D eigenvalue weighted by molar-refractivity contribution is 7.93. The Labute approximate surface area is 269 Å². The van der Waals surface area contributed by atoms with Gasteiger partial charge < -0.3 is 9.47 Å². The van der Waals surface area contributed by atoms with E-state index in [9.17, 15) is 21.6 Å². The third-order valence-electron chi connectivity index (χ3n) is 8.20. The van der Waals surface area contributed by atoms with Gasteiger partial charge in [0.2, 0.25) is 0 Å². The average molecular weight is 666 g/mol. The first-order valence-electron chi connectivity index (χ1n) is 14.4. The van der Waals surface area contributed by atoms with Gasteiger partial charge in [-0.2, -0.15) is 13.2 Å². The number of rotatable bonds is 9. The Morgan fingerprint density at radius 2 is 1.76 bits per heavy atom. The number of pyridine rings is 1. The molecule has 1 atom stereocenters. The van der Waals surface area contributed by atoms with Gasteiger partial charge in [-0.25, -0.2) is 17.7 Å². The predicted molar refractivity (Wildman–Crippen MR) is 171 cm³/mol. The fraction of sp³-hybridized carbons (Fsp3) is 0.235. The third kappa shape index (κ3) is 6.06. The van der Waals surface area contributed by atoms with Gasteiger partial charge in [-0.3, -0.25) is 4.98 Å². The van der Waals surface area contributed by atoms with Crippen LogP contribution in [-0.4, -0.2) is 32.6 Å². The summed E-state index contributed by atoms with van der Waals surface area (Å²) in [5.74, 6) is 0.834. The number of aromatic nitrogens is 2. The number of methoxy groups -OCH3 is 2. The molecule has 2 aromatic heterocycles. The summed E-state index contributed by atoms with van der Waals surface area (Å²) in [6.45, 7) is 1.79. The summed E-state index contributed by atoms with van der Waals surface area (Å²) in [6, 6.07) is 17.6. The van der Waals surface area contributed by atoms with Crippen LogP contribution < -0.4 is 13.8 Å². The van der Waals surface area contributed by atoms with Gasteiger partial charge in [-0.15, -0.1) is 11.3 Å². The number of anilines is 1. The molecule has 1 unspecified atom stereocenters. The van der Waals surface area contributed by atoms with E-state index in [0.29, 0.717) is 46.2 Å². The maximum absolute atomic E-state index is 14.2. The number of alkyl halides is 3. The van der Waals surface area contributed by atoms with Gasteiger partial charge in [-0.1, -0.05) is 18.2 Å². The summed E-state index contributed by atoms with van der Waals surface area (Å²) in [5.41, 5.74) is 4.16. The number of aryl methyl sites for hydroxylation is 2. The molecule has 5 aromatic rings. The third-order valence-corrected chi connectivity index (χ3v) is 10.8. The quantitative estimate of drug-likeness (QED) is 0.159. The Morgan fingerprint density at radius 3 is 2.43 bits per heavy atom. The van der Waals surface area contributed by atoms with E-state index in [-0.39, 0.29) is 17.4 Å². The van der Waals surface area contributed by atoms with E-state index in [0.717, 1.165) is 28.5 Å². The van der Waals surface area contributed by atoms with Crippen LogP contribution in [-0.2, 0) is 29.2 Å². The highest BCUT2D eigenvalue weighted by atomic mass is 32.2. The first-order chi connectivity index (χ1) is 22.0. The number of fused-ring (bicyclic) bond motifs is 1. The van der Waals surface area contributed by atoms with Crippen LogP contribution in [0.3, 0.4) is 0 Å². The molecule has 12 heteroatoms. The van der Waals surface area contributed by atoms with E-state index in [1.807, 2.05) is 6.92 Å². The second-order valence-electron chi connectivity index (χ2n) is 10.9. The van der Waals surface area contributed by atoms with Crippen LogP contribution in [0.25, 0.3) is 11.1 Å². The average Bonchev–Trinajstić information content (AvgIpc) is 3.73. The largest absolute Gasteiger partial charge is 0.497 e. The fourth-order valence-electron chi connectivity index (χ4n) is 5.85. The van der Waals surface area contributed by atoms with Gasteiger partial charge in [-0.05, 0) is 84.5 Å². The molecule has 3 aromatic carbocycles. The van der Waals surface area contributed by atoms with Gasteiger partial charge in [0.25, 0.3) is 10.0 Å². The predicted octanol–water partition coefficient (Wildman–Crippen LogP) is 8.02. The minimum Gasteiger partial charge on any atom is -0.497 e. The summed E-state index contributed by atoms with van der Waals surface area (Å²) in [5, 5.41) is 2.01. The normalized spacial score (nSPS) is 14.6. The van der Waals surface area contributed by atoms with Gasteiger partial charge in [0.05, 0.1) is 31.2 Å². The zero-order valence-electron chi connectivity index (χ0n) is 25.2. The van der Waals surface area contributed by atoms with Crippen LogP contribution in [0.1, 0.15) is 45.8 Å². The molecule has 0 bridgehead atoms. The van der Waals surface area contributed by atoms with Crippen LogP contribution in [0, 0.1) is 6.92 Å². The number of sulfonamides is 1. The molecule has 0 aliphatic heterocycles. The second-order valence-corrected chi connectivity index (χ2v) is 13.7. The molecule has 6 rings (SSSR count). The van der Waals surface area contributed by atoms with Gasteiger partial charge in [0, 0.05) is 46.6 Å². The smallest absolute Gasteiger partial charge is 0.416 e. The van der Waals surface area contributed by atoms with Crippen molar-refractivity contribution in [3.63, 3.8) is 0 Å². The number of nitrogens with zero attached hydrogens (tertiary/aromatic N) is 3. The molecular weight excluding hydrogens is 636 g/mol. The Kier molecular flexibility index (Phi) is 8.51.